The van der Waals surface area contributed by atoms with Crippen LogP contribution in [-0.2, 0) is 10.9 Å². The second kappa shape index (κ2) is 11.9. The van der Waals surface area contributed by atoms with Gasteiger partial charge in [0.25, 0.3) is 11.8 Å². The minimum Gasteiger partial charge on any atom is -0.444 e. The van der Waals surface area contributed by atoms with Crippen LogP contribution in [0, 0.1) is 0 Å². The van der Waals surface area contributed by atoms with Crippen LogP contribution in [0.2, 0.25) is 0 Å². The number of ether oxygens (including phenoxy) is 2. The normalized spacial score (nSPS) is 14.0. The number of benzene rings is 2. The number of amides is 3. The molecule has 2 N–H and O–H groups in total. The van der Waals surface area contributed by atoms with Gasteiger partial charge in [0.05, 0.1) is 17.4 Å². The summed E-state index contributed by atoms with van der Waals surface area (Å²) in [5, 5.41) is 3.33. The molecule has 0 radical (unpaired) electrons. The standard InChI is InChI=1S/C31H30F3N5O5/c1-30(2,3)44-29(42)39-14-12-38(13-15-39)28(41)25-17-20-16-23(9-10-24(20)37-25)43-26-11-8-22(18-35-26)36-27(40)19-4-6-21(7-5-19)31(32,33)34/h4-11,16-18,37H,12-15H2,1-3H3,(H,36,40). The Morgan fingerprint density at radius 2 is 1.57 bits per heavy atom. The molecule has 1 fully saturated rings. The molecule has 2 aromatic heterocycles. The van der Waals surface area contributed by atoms with Crippen molar-refractivity contribution in [3.63, 3.8) is 0 Å². The maximum atomic E-state index is 13.1. The van der Waals surface area contributed by atoms with E-state index in [4.69, 9.17) is 9.47 Å². The van der Waals surface area contributed by atoms with Crippen molar-refractivity contribution in [3.8, 4) is 11.6 Å². The lowest BCUT2D eigenvalue weighted by Crippen LogP contribution is -2.51. The fraction of sp³-hybridized carbons (Fsp3) is 0.290. The van der Waals surface area contributed by atoms with Crippen LogP contribution >= 0.6 is 0 Å². The number of nitrogens with one attached hydrogen (secondary N) is 2. The predicted molar refractivity (Wildman–Crippen MR) is 156 cm³/mol. The van der Waals surface area contributed by atoms with Gasteiger partial charge in [0.1, 0.15) is 17.0 Å². The lowest BCUT2D eigenvalue weighted by Gasteiger charge is -2.35. The zero-order valence-electron chi connectivity index (χ0n) is 24.2. The highest BCUT2D eigenvalue weighted by molar-refractivity contribution is 6.04. The SMILES string of the molecule is CC(C)(C)OC(=O)N1CCN(C(=O)c2cc3cc(Oc4ccc(NC(=O)c5ccc(C(F)(F)F)cc5)cn4)ccc3[nH]2)CC1. The Morgan fingerprint density at radius 1 is 0.886 bits per heavy atom. The summed E-state index contributed by atoms with van der Waals surface area (Å²) in [6.45, 7) is 6.95. The summed E-state index contributed by atoms with van der Waals surface area (Å²) in [5.41, 5.74) is 0.122. The van der Waals surface area contributed by atoms with Gasteiger partial charge in [-0.2, -0.15) is 13.2 Å². The van der Waals surface area contributed by atoms with Crippen molar-refractivity contribution >= 4 is 34.5 Å². The average molecular weight is 610 g/mol. The van der Waals surface area contributed by atoms with Crippen molar-refractivity contribution in [2.24, 2.45) is 0 Å². The van der Waals surface area contributed by atoms with E-state index in [0.717, 1.165) is 35.2 Å². The van der Waals surface area contributed by atoms with Crippen LogP contribution in [0.15, 0.2) is 66.9 Å². The number of nitrogens with zero attached hydrogens (tertiary/aromatic N) is 3. The number of carbonyl (C=O) groups excluding carboxylic acids is 3. The number of pyridine rings is 1. The Kier molecular flexibility index (Phi) is 8.22. The molecule has 1 aliphatic rings. The predicted octanol–water partition coefficient (Wildman–Crippen LogP) is 6.32. The fourth-order valence-electron chi connectivity index (χ4n) is 4.53. The smallest absolute Gasteiger partial charge is 0.416 e. The molecule has 230 valence electrons. The molecule has 0 spiro atoms. The van der Waals surface area contributed by atoms with E-state index >= 15 is 0 Å². The van der Waals surface area contributed by atoms with E-state index in [1.54, 1.807) is 40.1 Å². The Hall–Kier alpha value is -5.07. The number of halogens is 3. The van der Waals surface area contributed by atoms with Gasteiger partial charge in [-0.1, -0.05) is 0 Å². The summed E-state index contributed by atoms with van der Waals surface area (Å²) in [7, 11) is 0. The number of aromatic amines is 1. The lowest BCUT2D eigenvalue weighted by molar-refractivity contribution is -0.137. The molecular formula is C31H30F3N5O5. The molecule has 0 aliphatic carbocycles. The van der Waals surface area contributed by atoms with Crippen LogP contribution in [0.25, 0.3) is 10.9 Å². The Morgan fingerprint density at radius 3 is 2.18 bits per heavy atom. The second-order valence-electron chi connectivity index (χ2n) is 11.2. The number of hydrogen-bond acceptors (Lipinski definition) is 6. The third-order valence-electron chi connectivity index (χ3n) is 6.73. The van der Waals surface area contributed by atoms with E-state index in [-0.39, 0.29) is 17.4 Å². The highest BCUT2D eigenvalue weighted by atomic mass is 19.4. The average Bonchev–Trinajstić information content (AvgIpc) is 3.40. The van der Waals surface area contributed by atoms with Gasteiger partial charge in [-0.15, -0.1) is 0 Å². The maximum absolute atomic E-state index is 13.1. The zero-order chi connectivity index (χ0) is 31.6. The van der Waals surface area contributed by atoms with Crippen molar-refractivity contribution in [3.05, 3.63) is 83.7 Å². The van der Waals surface area contributed by atoms with Crippen molar-refractivity contribution in [1.82, 2.24) is 19.8 Å². The van der Waals surface area contributed by atoms with Gasteiger partial charge in [-0.05, 0) is 75.4 Å². The summed E-state index contributed by atoms with van der Waals surface area (Å²) in [6, 6.07) is 14.0. The number of H-pyrrole nitrogens is 1. The number of rotatable bonds is 5. The number of carbonyl (C=O) groups is 3. The van der Waals surface area contributed by atoms with E-state index < -0.39 is 29.3 Å². The second-order valence-corrected chi connectivity index (χ2v) is 11.2. The number of hydrogen-bond donors (Lipinski definition) is 2. The first kappa shape index (κ1) is 30.4. The molecule has 0 bridgehead atoms. The molecule has 2 aromatic carbocycles. The number of fused-ring (bicyclic) bond motifs is 1. The van der Waals surface area contributed by atoms with Gasteiger partial charge in [0.15, 0.2) is 0 Å². The van der Waals surface area contributed by atoms with E-state index in [1.807, 2.05) is 20.8 Å². The minimum absolute atomic E-state index is 0.0686. The van der Waals surface area contributed by atoms with E-state index in [9.17, 15) is 27.6 Å². The molecule has 1 aliphatic heterocycles. The van der Waals surface area contributed by atoms with Crippen LogP contribution in [0.1, 0.15) is 47.2 Å². The molecule has 10 nitrogen and oxygen atoms in total. The first-order chi connectivity index (χ1) is 20.7. The Balaban J connectivity index is 1.17. The van der Waals surface area contributed by atoms with Crippen molar-refractivity contribution in [1.29, 1.82) is 0 Å². The molecule has 5 rings (SSSR count). The fourth-order valence-corrected chi connectivity index (χ4v) is 4.53. The summed E-state index contributed by atoms with van der Waals surface area (Å²) in [6.07, 6.45) is -3.51. The molecule has 0 saturated carbocycles. The first-order valence-electron chi connectivity index (χ1n) is 13.8. The van der Waals surface area contributed by atoms with Crippen LogP contribution in [0.4, 0.5) is 23.7 Å². The van der Waals surface area contributed by atoms with Gasteiger partial charge in [-0.3, -0.25) is 9.59 Å². The molecule has 4 aromatic rings. The first-order valence-corrected chi connectivity index (χ1v) is 13.8. The molecule has 1 saturated heterocycles. The highest BCUT2D eigenvalue weighted by Gasteiger charge is 2.30. The number of piperazine rings is 1. The quantitative estimate of drug-likeness (QED) is 0.274. The molecule has 3 amide bonds. The topological polar surface area (TPSA) is 117 Å². The van der Waals surface area contributed by atoms with Gasteiger partial charge in [0.2, 0.25) is 5.88 Å². The summed E-state index contributed by atoms with van der Waals surface area (Å²) < 4.78 is 49.5. The lowest BCUT2D eigenvalue weighted by atomic mass is 10.1. The molecular weight excluding hydrogens is 579 g/mol. The highest BCUT2D eigenvalue weighted by Crippen LogP contribution is 2.30. The molecule has 13 heteroatoms. The number of aromatic nitrogens is 2. The minimum atomic E-state index is -4.48. The van der Waals surface area contributed by atoms with Crippen LogP contribution in [0.3, 0.4) is 0 Å². The van der Waals surface area contributed by atoms with Crippen LogP contribution in [-0.4, -0.2) is 69.5 Å². The number of alkyl halides is 3. The van der Waals surface area contributed by atoms with Gasteiger partial charge >= 0.3 is 12.3 Å². The Bertz CT molecular complexity index is 1670. The molecule has 3 heterocycles. The summed E-state index contributed by atoms with van der Waals surface area (Å²) in [4.78, 5) is 48.5. The van der Waals surface area contributed by atoms with E-state index in [0.29, 0.717) is 43.3 Å². The maximum Gasteiger partial charge on any atom is 0.416 e. The molecule has 0 unspecified atom stereocenters. The van der Waals surface area contributed by atoms with E-state index in [1.165, 1.54) is 12.3 Å². The van der Waals surface area contributed by atoms with Gasteiger partial charge < -0.3 is 29.6 Å². The van der Waals surface area contributed by atoms with Crippen molar-refractivity contribution in [2.75, 3.05) is 31.5 Å². The summed E-state index contributed by atoms with van der Waals surface area (Å²) in [5.74, 6) is -0.0486. The third-order valence-corrected chi connectivity index (χ3v) is 6.73. The largest absolute Gasteiger partial charge is 0.444 e. The number of anilines is 1. The monoisotopic (exact) mass is 609 g/mol. The zero-order valence-corrected chi connectivity index (χ0v) is 24.2. The Labute approximate surface area is 250 Å². The summed E-state index contributed by atoms with van der Waals surface area (Å²) >= 11 is 0. The molecule has 44 heavy (non-hydrogen) atoms. The third kappa shape index (κ3) is 7.28. The van der Waals surface area contributed by atoms with Crippen LogP contribution < -0.4 is 10.1 Å². The van der Waals surface area contributed by atoms with Crippen molar-refractivity contribution < 1.29 is 37.0 Å². The van der Waals surface area contributed by atoms with E-state index in [2.05, 4.69) is 15.3 Å². The van der Waals surface area contributed by atoms with Gasteiger partial charge in [-0.25, -0.2) is 9.78 Å². The van der Waals surface area contributed by atoms with Crippen molar-refractivity contribution in [2.45, 2.75) is 32.5 Å². The van der Waals surface area contributed by atoms with Crippen LogP contribution in [0.5, 0.6) is 11.6 Å². The van der Waals surface area contributed by atoms with Gasteiger partial charge in [0, 0.05) is 48.7 Å². The molecule has 0 atom stereocenters.